The number of para-hydroxylation sites is 1. The number of pyridine rings is 1. The summed E-state index contributed by atoms with van der Waals surface area (Å²) in [5.41, 5.74) is -1.37. The zero-order valence-electron chi connectivity index (χ0n) is 15.0. The summed E-state index contributed by atoms with van der Waals surface area (Å²) in [5, 5.41) is 1.10. The minimum atomic E-state index is -6.43. The predicted octanol–water partition coefficient (Wildman–Crippen LogP) is 7.34. The first-order valence-corrected chi connectivity index (χ1v) is 8.74. The molecule has 0 N–H and O–H groups in total. The molecule has 0 saturated heterocycles. The van der Waals surface area contributed by atoms with Gasteiger partial charge in [-0.15, -0.1) is 0 Å². The number of benzene rings is 3. The average Bonchev–Trinajstić information content (AvgIpc) is 2.71. The predicted molar refractivity (Wildman–Crippen MR) is 99.6 cm³/mol. The van der Waals surface area contributed by atoms with E-state index < -0.39 is 29.0 Å². The molecule has 4 aromatic rings. The topological polar surface area (TPSA) is 12.9 Å². The summed E-state index contributed by atoms with van der Waals surface area (Å²) in [6.45, 7) is 0. The van der Waals surface area contributed by atoms with Crippen molar-refractivity contribution < 1.29 is 30.7 Å². The van der Waals surface area contributed by atoms with E-state index in [1.165, 1.54) is 18.2 Å². The molecule has 0 atom stereocenters. The van der Waals surface area contributed by atoms with E-state index in [0.29, 0.717) is 11.6 Å². The van der Waals surface area contributed by atoms with E-state index in [1.54, 1.807) is 36.4 Å². The van der Waals surface area contributed by atoms with Crippen molar-refractivity contribution in [1.82, 2.24) is 4.98 Å². The van der Waals surface area contributed by atoms with E-state index in [-0.39, 0.29) is 11.2 Å². The van der Waals surface area contributed by atoms with E-state index in [2.05, 4.69) is 4.98 Å². The molecule has 0 spiro atoms. The van der Waals surface area contributed by atoms with Crippen molar-refractivity contribution in [2.24, 2.45) is 0 Å². The minimum Gasteiger partial charge on any atom is -0.248 e. The standard InChI is InChI=1S/C22H12F7N/c23-20(24,21(25,26)22(27,28)29)17-12-19(30-18-8-4-3-7-16(17)18)15-10-9-13-5-1-2-6-14(13)11-15/h1-12H. The van der Waals surface area contributed by atoms with Crippen LogP contribution in [0.5, 0.6) is 0 Å². The Bertz CT molecular complexity index is 1250. The maximum absolute atomic E-state index is 14.6. The lowest BCUT2D eigenvalue weighted by atomic mass is 9.95. The highest BCUT2D eigenvalue weighted by Gasteiger charge is 2.73. The number of alkyl halides is 7. The highest BCUT2D eigenvalue weighted by molar-refractivity contribution is 5.90. The Hall–Kier alpha value is -3.16. The number of halogens is 7. The van der Waals surface area contributed by atoms with Crippen LogP contribution in [-0.4, -0.2) is 17.1 Å². The lowest BCUT2D eigenvalue weighted by molar-refractivity contribution is -0.359. The number of hydrogen-bond acceptors (Lipinski definition) is 1. The molecule has 0 aliphatic rings. The van der Waals surface area contributed by atoms with Crippen molar-refractivity contribution in [3.8, 4) is 11.3 Å². The summed E-state index contributed by atoms with van der Waals surface area (Å²) in [4.78, 5) is 4.21. The van der Waals surface area contributed by atoms with Crippen LogP contribution in [0.1, 0.15) is 5.56 Å². The molecule has 0 amide bonds. The van der Waals surface area contributed by atoms with E-state index in [9.17, 15) is 30.7 Å². The summed E-state index contributed by atoms with van der Waals surface area (Å²) in [5.74, 6) is -11.8. The van der Waals surface area contributed by atoms with E-state index in [0.717, 1.165) is 16.8 Å². The second kappa shape index (κ2) is 6.68. The fourth-order valence-electron chi connectivity index (χ4n) is 3.28. The highest BCUT2D eigenvalue weighted by Crippen LogP contribution is 2.53. The van der Waals surface area contributed by atoms with E-state index in [4.69, 9.17) is 0 Å². The first kappa shape index (κ1) is 20.1. The van der Waals surface area contributed by atoms with Crippen molar-refractivity contribution in [3.05, 3.63) is 78.4 Å². The Balaban J connectivity index is 1.98. The molecule has 0 radical (unpaired) electrons. The fraction of sp³-hybridized carbons (Fsp3) is 0.136. The van der Waals surface area contributed by atoms with Gasteiger partial charge in [-0.25, -0.2) is 4.98 Å². The van der Waals surface area contributed by atoms with Crippen LogP contribution in [0.2, 0.25) is 0 Å². The fourth-order valence-corrected chi connectivity index (χ4v) is 3.28. The van der Waals surface area contributed by atoms with Crippen molar-refractivity contribution in [2.75, 3.05) is 0 Å². The second-order valence-electron chi connectivity index (χ2n) is 6.78. The van der Waals surface area contributed by atoms with Crippen LogP contribution in [0.3, 0.4) is 0 Å². The van der Waals surface area contributed by atoms with Crippen LogP contribution in [-0.2, 0) is 5.92 Å². The first-order valence-electron chi connectivity index (χ1n) is 8.74. The van der Waals surface area contributed by atoms with E-state index >= 15 is 0 Å². The lowest BCUT2D eigenvalue weighted by Gasteiger charge is -2.29. The zero-order valence-corrected chi connectivity index (χ0v) is 15.0. The molecule has 30 heavy (non-hydrogen) atoms. The quantitative estimate of drug-likeness (QED) is 0.314. The van der Waals surface area contributed by atoms with Crippen LogP contribution in [0.25, 0.3) is 32.9 Å². The summed E-state index contributed by atoms with van der Waals surface area (Å²) in [6.07, 6.45) is -6.43. The van der Waals surface area contributed by atoms with Crippen LogP contribution in [0.4, 0.5) is 30.7 Å². The second-order valence-corrected chi connectivity index (χ2v) is 6.78. The third-order valence-corrected chi connectivity index (χ3v) is 4.85. The monoisotopic (exact) mass is 423 g/mol. The molecular weight excluding hydrogens is 411 g/mol. The Morgan fingerprint density at radius 1 is 0.633 bits per heavy atom. The summed E-state index contributed by atoms with van der Waals surface area (Å²) < 4.78 is 95.1. The van der Waals surface area contributed by atoms with Gasteiger partial charge >= 0.3 is 18.0 Å². The molecule has 1 nitrogen and oxygen atoms in total. The molecule has 3 aromatic carbocycles. The van der Waals surface area contributed by atoms with Crippen LogP contribution in [0.15, 0.2) is 72.8 Å². The Labute approximate surface area is 165 Å². The molecule has 0 unspecified atom stereocenters. The first-order chi connectivity index (χ1) is 14.0. The number of aromatic nitrogens is 1. The van der Waals surface area contributed by atoms with Gasteiger partial charge in [0.2, 0.25) is 0 Å². The number of rotatable bonds is 3. The van der Waals surface area contributed by atoms with Crippen molar-refractivity contribution >= 4 is 21.7 Å². The van der Waals surface area contributed by atoms with Crippen LogP contribution in [0, 0.1) is 0 Å². The number of fused-ring (bicyclic) bond motifs is 2. The smallest absolute Gasteiger partial charge is 0.248 e. The van der Waals surface area contributed by atoms with Gasteiger partial charge < -0.3 is 0 Å². The third kappa shape index (κ3) is 3.07. The van der Waals surface area contributed by atoms with Gasteiger partial charge in [0.25, 0.3) is 0 Å². The summed E-state index contributed by atoms with van der Waals surface area (Å²) in [7, 11) is 0. The van der Waals surface area contributed by atoms with Crippen molar-refractivity contribution in [1.29, 1.82) is 0 Å². The van der Waals surface area contributed by atoms with Gasteiger partial charge in [0.1, 0.15) is 0 Å². The van der Waals surface area contributed by atoms with Crippen LogP contribution >= 0.6 is 0 Å². The van der Waals surface area contributed by atoms with Crippen molar-refractivity contribution in [2.45, 2.75) is 18.0 Å². The minimum absolute atomic E-state index is 0.115. The lowest BCUT2D eigenvalue weighted by Crippen LogP contribution is -2.50. The summed E-state index contributed by atoms with van der Waals surface area (Å²) >= 11 is 0. The molecule has 8 heteroatoms. The zero-order chi connectivity index (χ0) is 21.7. The average molecular weight is 423 g/mol. The maximum Gasteiger partial charge on any atom is 0.460 e. The van der Waals surface area contributed by atoms with Gasteiger partial charge in [0.05, 0.1) is 11.2 Å². The molecule has 0 aliphatic heterocycles. The van der Waals surface area contributed by atoms with E-state index in [1.807, 2.05) is 6.07 Å². The Morgan fingerprint density at radius 3 is 1.97 bits per heavy atom. The Morgan fingerprint density at radius 2 is 1.27 bits per heavy atom. The van der Waals surface area contributed by atoms with Crippen LogP contribution < -0.4 is 0 Å². The normalized spacial score (nSPS) is 13.2. The molecule has 154 valence electrons. The van der Waals surface area contributed by atoms with Gasteiger partial charge in [0, 0.05) is 16.5 Å². The van der Waals surface area contributed by atoms with Gasteiger partial charge in [0.15, 0.2) is 0 Å². The van der Waals surface area contributed by atoms with Gasteiger partial charge in [-0.05, 0) is 29.0 Å². The number of hydrogen-bond donors (Lipinski definition) is 0. The van der Waals surface area contributed by atoms with Crippen molar-refractivity contribution in [3.63, 3.8) is 0 Å². The molecule has 4 rings (SSSR count). The largest absolute Gasteiger partial charge is 0.460 e. The SMILES string of the molecule is FC(F)(F)C(F)(F)C(F)(F)c1cc(-c2ccc3ccccc3c2)nc2ccccc12. The van der Waals surface area contributed by atoms with Gasteiger partial charge in [-0.3, -0.25) is 0 Å². The van der Waals surface area contributed by atoms with Gasteiger partial charge in [-0.1, -0.05) is 54.6 Å². The molecule has 1 aromatic heterocycles. The number of nitrogens with zero attached hydrogens (tertiary/aromatic N) is 1. The Kier molecular flexibility index (Phi) is 4.48. The van der Waals surface area contributed by atoms with Gasteiger partial charge in [-0.2, -0.15) is 30.7 Å². The molecule has 0 fully saturated rings. The third-order valence-electron chi connectivity index (χ3n) is 4.85. The molecule has 0 aliphatic carbocycles. The highest BCUT2D eigenvalue weighted by atomic mass is 19.4. The molecule has 1 heterocycles. The molecule has 0 bridgehead atoms. The molecule has 0 saturated carbocycles. The molecular formula is C22H12F7N. The maximum atomic E-state index is 14.6. The summed E-state index contributed by atoms with van der Waals surface area (Å²) in [6, 6.07) is 17.6.